The second-order valence-electron chi connectivity index (χ2n) is 6.86. The van der Waals surface area contributed by atoms with Crippen molar-refractivity contribution in [3.63, 3.8) is 0 Å². The number of amides is 1. The molecule has 4 unspecified atom stereocenters. The molecule has 3 aromatic heterocycles. The molecule has 1 amide bonds. The number of aliphatic hydroxyl groups is 2. The van der Waals surface area contributed by atoms with Crippen molar-refractivity contribution >= 4 is 22.9 Å². The van der Waals surface area contributed by atoms with E-state index in [0.717, 1.165) is 5.56 Å². The molecular weight excluding hydrogens is 378 g/mol. The Morgan fingerprint density at radius 1 is 1.31 bits per heavy atom. The van der Waals surface area contributed by atoms with Gasteiger partial charge in [-0.1, -0.05) is 0 Å². The van der Waals surface area contributed by atoms with Gasteiger partial charge in [-0.2, -0.15) is 0 Å². The number of hydrogen-bond donors (Lipinski definition) is 4. The van der Waals surface area contributed by atoms with Crippen LogP contribution in [0.1, 0.15) is 13.2 Å². The van der Waals surface area contributed by atoms with Crippen LogP contribution in [0, 0.1) is 0 Å². The molecular formula is C18H23N7O4. The first-order chi connectivity index (χ1) is 13.9. The minimum atomic E-state index is -1.37. The molecule has 1 aliphatic rings. The van der Waals surface area contributed by atoms with E-state index in [1.165, 1.54) is 10.9 Å². The Kier molecular flexibility index (Phi) is 4.94. The second kappa shape index (κ2) is 7.43. The lowest BCUT2D eigenvalue weighted by atomic mass is 10.1. The van der Waals surface area contributed by atoms with Crippen LogP contribution in [0.5, 0.6) is 0 Å². The summed E-state index contributed by atoms with van der Waals surface area (Å²) >= 11 is 0. The molecule has 3 aromatic rings. The third-order valence-corrected chi connectivity index (χ3v) is 4.87. The average Bonchev–Trinajstić information content (AvgIpc) is 3.40. The molecule has 0 saturated carbocycles. The lowest BCUT2D eigenvalue weighted by Crippen LogP contribution is -2.42. The number of hydrogen-bond acceptors (Lipinski definition) is 8. The van der Waals surface area contributed by atoms with Crippen LogP contribution in [0.4, 0.5) is 5.82 Å². The Morgan fingerprint density at radius 2 is 2.10 bits per heavy atom. The van der Waals surface area contributed by atoms with Gasteiger partial charge >= 0.3 is 0 Å². The first kappa shape index (κ1) is 19.3. The fourth-order valence-electron chi connectivity index (χ4n) is 3.42. The van der Waals surface area contributed by atoms with E-state index < -0.39 is 30.4 Å². The molecule has 0 bridgehead atoms. The van der Waals surface area contributed by atoms with Crippen LogP contribution in [-0.4, -0.2) is 72.1 Å². The van der Waals surface area contributed by atoms with E-state index in [2.05, 4.69) is 25.6 Å². The summed E-state index contributed by atoms with van der Waals surface area (Å²) < 4.78 is 9.10. The number of anilines is 1. The van der Waals surface area contributed by atoms with Gasteiger partial charge in [-0.05, 0) is 13.0 Å². The van der Waals surface area contributed by atoms with Crippen molar-refractivity contribution in [1.82, 2.24) is 29.4 Å². The van der Waals surface area contributed by atoms with E-state index >= 15 is 0 Å². The van der Waals surface area contributed by atoms with Crippen molar-refractivity contribution in [2.75, 3.05) is 18.9 Å². The molecule has 0 spiro atoms. The molecule has 154 valence electrons. The number of ether oxygens (including phenoxy) is 1. The van der Waals surface area contributed by atoms with Crippen LogP contribution in [0.25, 0.3) is 22.6 Å². The van der Waals surface area contributed by atoms with Gasteiger partial charge in [0.2, 0.25) is 0 Å². The van der Waals surface area contributed by atoms with Crippen molar-refractivity contribution in [1.29, 1.82) is 0 Å². The van der Waals surface area contributed by atoms with Crippen molar-refractivity contribution in [2.45, 2.75) is 31.5 Å². The van der Waals surface area contributed by atoms with Gasteiger partial charge in [0.25, 0.3) is 5.91 Å². The minimum absolute atomic E-state index is 0.388. The second-order valence-corrected chi connectivity index (χ2v) is 6.86. The molecule has 11 heteroatoms. The first-order valence-corrected chi connectivity index (χ1v) is 9.28. The maximum Gasteiger partial charge on any atom is 0.252 e. The van der Waals surface area contributed by atoms with Crippen LogP contribution in [0.3, 0.4) is 0 Å². The molecule has 4 rings (SSSR count). The lowest BCUT2D eigenvalue weighted by Gasteiger charge is -2.16. The highest BCUT2D eigenvalue weighted by Crippen LogP contribution is 2.33. The monoisotopic (exact) mass is 401 g/mol. The summed E-state index contributed by atoms with van der Waals surface area (Å²) in [7, 11) is 3.63. The predicted octanol–water partition coefficient (Wildman–Crippen LogP) is -0.371. The van der Waals surface area contributed by atoms with E-state index in [0.29, 0.717) is 29.4 Å². The highest BCUT2D eigenvalue weighted by molar-refractivity contribution is 5.85. The summed E-state index contributed by atoms with van der Waals surface area (Å²) in [6.45, 7) is 2.15. The van der Waals surface area contributed by atoms with Gasteiger partial charge in [-0.25, -0.2) is 15.0 Å². The number of nitrogens with one attached hydrogen (secondary N) is 2. The number of carbonyl (C=O) groups excluding carboxylic acids is 1. The van der Waals surface area contributed by atoms with Crippen molar-refractivity contribution in [3.8, 4) is 11.4 Å². The smallest absolute Gasteiger partial charge is 0.252 e. The molecule has 4 atom stereocenters. The van der Waals surface area contributed by atoms with Crippen LogP contribution in [-0.2, 0) is 16.6 Å². The van der Waals surface area contributed by atoms with Crippen LogP contribution in [0.15, 0.2) is 24.8 Å². The molecule has 4 heterocycles. The molecule has 1 fully saturated rings. The predicted molar refractivity (Wildman–Crippen MR) is 104 cm³/mol. The van der Waals surface area contributed by atoms with E-state index in [4.69, 9.17) is 4.74 Å². The standard InChI is InChI=1S/C18H23N7O4/c1-4-20-17(28)13-11(26)12(27)18(29-13)25-8-21-10-15(19-2)22-14(23-16(10)25)9-5-6-24(3)7-9/h5-8,11-13,18,26-27H,4H2,1-3H3,(H,20,28)(H,19,22,23). The number of nitrogens with zero attached hydrogens (tertiary/aromatic N) is 5. The zero-order valence-corrected chi connectivity index (χ0v) is 16.3. The van der Waals surface area contributed by atoms with Crippen molar-refractivity contribution in [3.05, 3.63) is 24.8 Å². The fourth-order valence-corrected chi connectivity index (χ4v) is 3.42. The molecule has 0 aliphatic carbocycles. The van der Waals surface area contributed by atoms with E-state index in [1.54, 1.807) is 14.0 Å². The van der Waals surface area contributed by atoms with Crippen LogP contribution < -0.4 is 10.6 Å². The van der Waals surface area contributed by atoms with Gasteiger partial charge < -0.3 is 30.2 Å². The largest absolute Gasteiger partial charge is 0.387 e. The number of fused-ring (bicyclic) bond motifs is 1. The van der Waals surface area contributed by atoms with Gasteiger partial charge in [0.1, 0.15) is 12.2 Å². The molecule has 0 aromatic carbocycles. The summed E-state index contributed by atoms with van der Waals surface area (Å²) in [5, 5.41) is 26.4. The van der Waals surface area contributed by atoms with E-state index in [-0.39, 0.29) is 0 Å². The van der Waals surface area contributed by atoms with Crippen LogP contribution >= 0.6 is 0 Å². The van der Waals surface area contributed by atoms with Gasteiger partial charge in [0.05, 0.1) is 6.33 Å². The SMILES string of the molecule is CCNC(=O)C1OC(n2cnc3c(NC)nc(-c4ccn(C)c4)nc32)C(O)C1O. The Morgan fingerprint density at radius 3 is 2.76 bits per heavy atom. The lowest BCUT2D eigenvalue weighted by molar-refractivity contribution is -0.137. The summed E-state index contributed by atoms with van der Waals surface area (Å²) in [4.78, 5) is 25.6. The van der Waals surface area contributed by atoms with E-state index in [9.17, 15) is 15.0 Å². The fraction of sp³-hybridized carbons (Fsp3) is 0.444. The average molecular weight is 401 g/mol. The van der Waals surface area contributed by atoms with Gasteiger partial charge in [0, 0.05) is 38.6 Å². The molecule has 29 heavy (non-hydrogen) atoms. The minimum Gasteiger partial charge on any atom is -0.387 e. The van der Waals surface area contributed by atoms with Gasteiger partial charge in [0.15, 0.2) is 35.1 Å². The van der Waals surface area contributed by atoms with Crippen molar-refractivity contribution < 1.29 is 19.7 Å². The number of carbonyl (C=O) groups is 1. The number of aliphatic hydroxyl groups excluding tert-OH is 2. The molecule has 11 nitrogen and oxygen atoms in total. The molecule has 4 N–H and O–H groups in total. The maximum absolute atomic E-state index is 12.2. The number of imidazole rings is 1. The van der Waals surface area contributed by atoms with Crippen molar-refractivity contribution in [2.24, 2.45) is 7.05 Å². The summed E-state index contributed by atoms with van der Waals surface area (Å²) in [6.07, 6.45) is 0.317. The zero-order chi connectivity index (χ0) is 20.7. The maximum atomic E-state index is 12.2. The Hall–Kier alpha value is -3.02. The highest BCUT2D eigenvalue weighted by atomic mass is 16.6. The summed E-state index contributed by atoms with van der Waals surface area (Å²) in [5.41, 5.74) is 1.71. The number of aromatic nitrogens is 5. The van der Waals surface area contributed by atoms with Gasteiger partial charge in [-0.3, -0.25) is 9.36 Å². The summed E-state index contributed by atoms with van der Waals surface area (Å²) in [5.74, 6) is 0.500. The number of aryl methyl sites for hydroxylation is 1. The quantitative estimate of drug-likeness (QED) is 0.454. The van der Waals surface area contributed by atoms with Gasteiger partial charge in [-0.15, -0.1) is 0 Å². The normalized spacial score (nSPS) is 24.2. The highest BCUT2D eigenvalue weighted by Gasteiger charge is 2.47. The third-order valence-electron chi connectivity index (χ3n) is 4.87. The topological polar surface area (TPSA) is 139 Å². The number of likely N-dealkylation sites (N-methyl/N-ethyl adjacent to an activating group) is 1. The Labute approximate surface area is 166 Å². The molecule has 1 aliphatic heterocycles. The Bertz CT molecular complexity index is 1050. The van der Waals surface area contributed by atoms with Crippen LogP contribution in [0.2, 0.25) is 0 Å². The zero-order valence-electron chi connectivity index (χ0n) is 16.3. The first-order valence-electron chi connectivity index (χ1n) is 9.28. The molecule has 0 radical (unpaired) electrons. The third kappa shape index (κ3) is 3.22. The summed E-state index contributed by atoms with van der Waals surface area (Å²) in [6, 6.07) is 1.89. The number of rotatable bonds is 5. The van der Waals surface area contributed by atoms with E-state index in [1.807, 2.05) is 30.1 Å². The Balaban J connectivity index is 1.77. The molecule has 1 saturated heterocycles.